The number of hydrogen-bond acceptors (Lipinski definition) is 4. The second-order valence-corrected chi connectivity index (χ2v) is 4.99. The van der Waals surface area contributed by atoms with Crippen LogP contribution in [0.4, 0.5) is 11.4 Å². The number of nitrogens with zero attached hydrogens (tertiary/aromatic N) is 1. The van der Waals surface area contributed by atoms with Gasteiger partial charge in [0.2, 0.25) is 0 Å². The molecular formula is C15H19N3O. The summed E-state index contributed by atoms with van der Waals surface area (Å²) in [4.78, 5) is 4.31. The standard InChI is InChI=1S/C15H19N3O/c1-2-19-11-8-10(9-11)18-14-6-5-13-12(15(14)16)4-3-7-17-13/h3-7,10-11,18H,2,8-9,16H2,1H3. The van der Waals surface area contributed by atoms with E-state index >= 15 is 0 Å². The van der Waals surface area contributed by atoms with E-state index in [0.717, 1.165) is 41.7 Å². The molecule has 0 saturated heterocycles. The molecule has 1 aliphatic carbocycles. The van der Waals surface area contributed by atoms with Crippen LogP contribution in [-0.2, 0) is 4.74 Å². The lowest BCUT2D eigenvalue weighted by Crippen LogP contribution is -2.40. The van der Waals surface area contributed by atoms with Crippen molar-refractivity contribution in [3.05, 3.63) is 30.5 Å². The minimum absolute atomic E-state index is 0.408. The summed E-state index contributed by atoms with van der Waals surface area (Å²) in [6.45, 7) is 2.83. The average molecular weight is 257 g/mol. The lowest BCUT2D eigenvalue weighted by molar-refractivity contribution is 0.00300. The zero-order valence-corrected chi connectivity index (χ0v) is 11.1. The van der Waals surface area contributed by atoms with Crippen molar-refractivity contribution in [2.45, 2.75) is 31.9 Å². The highest BCUT2D eigenvalue weighted by atomic mass is 16.5. The van der Waals surface area contributed by atoms with Crippen LogP contribution in [0.2, 0.25) is 0 Å². The predicted octanol–water partition coefficient (Wildman–Crippen LogP) is 2.80. The van der Waals surface area contributed by atoms with Crippen LogP contribution < -0.4 is 11.1 Å². The number of pyridine rings is 1. The van der Waals surface area contributed by atoms with Crippen LogP contribution in [0.25, 0.3) is 10.9 Å². The second kappa shape index (κ2) is 5.05. The van der Waals surface area contributed by atoms with Gasteiger partial charge in [-0.15, -0.1) is 0 Å². The van der Waals surface area contributed by atoms with Crippen molar-refractivity contribution in [3.8, 4) is 0 Å². The van der Waals surface area contributed by atoms with Gasteiger partial charge in [-0.2, -0.15) is 0 Å². The van der Waals surface area contributed by atoms with E-state index in [0.29, 0.717) is 12.1 Å². The van der Waals surface area contributed by atoms with E-state index in [1.807, 2.05) is 31.2 Å². The Labute approximate surface area is 113 Å². The highest BCUT2D eigenvalue weighted by Crippen LogP contribution is 2.32. The van der Waals surface area contributed by atoms with E-state index in [-0.39, 0.29) is 0 Å². The summed E-state index contributed by atoms with van der Waals surface area (Å²) < 4.78 is 5.56. The number of aromatic nitrogens is 1. The summed E-state index contributed by atoms with van der Waals surface area (Å²) >= 11 is 0. The minimum Gasteiger partial charge on any atom is -0.397 e. The van der Waals surface area contributed by atoms with Crippen LogP contribution in [0.15, 0.2) is 30.5 Å². The van der Waals surface area contributed by atoms with Gasteiger partial charge in [-0.25, -0.2) is 0 Å². The van der Waals surface area contributed by atoms with Crippen molar-refractivity contribution in [1.82, 2.24) is 4.98 Å². The molecule has 0 bridgehead atoms. The Bertz CT molecular complexity index is 579. The molecule has 0 spiro atoms. The maximum Gasteiger partial charge on any atom is 0.0724 e. The fraction of sp³-hybridized carbons (Fsp3) is 0.400. The number of rotatable bonds is 4. The van der Waals surface area contributed by atoms with Crippen LogP contribution in [0, 0.1) is 0 Å². The SMILES string of the molecule is CCOC1CC(Nc2ccc3ncccc3c2N)C1. The summed E-state index contributed by atoms with van der Waals surface area (Å²) in [6, 6.07) is 8.41. The number of nitrogens with two attached hydrogens (primary N) is 1. The first-order chi connectivity index (χ1) is 9.28. The Morgan fingerprint density at radius 3 is 3.00 bits per heavy atom. The molecule has 0 unspecified atom stereocenters. The molecule has 4 heteroatoms. The molecule has 3 N–H and O–H groups in total. The molecule has 2 aromatic rings. The number of fused-ring (bicyclic) bond motifs is 1. The Morgan fingerprint density at radius 1 is 1.37 bits per heavy atom. The molecule has 1 aliphatic rings. The first-order valence-electron chi connectivity index (χ1n) is 6.79. The third-order valence-corrected chi connectivity index (χ3v) is 3.68. The normalized spacial score (nSPS) is 22.2. The molecule has 1 saturated carbocycles. The van der Waals surface area contributed by atoms with E-state index in [4.69, 9.17) is 10.5 Å². The molecule has 3 rings (SSSR count). The van der Waals surface area contributed by atoms with Gasteiger partial charge in [0.25, 0.3) is 0 Å². The molecule has 19 heavy (non-hydrogen) atoms. The Balaban J connectivity index is 1.74. The van der Waals surface area contributed by atoms with E-state index in [9.17, 15) is 0 Å². The van der Waals surface area contributed by atoms with Gasteiger partial charge in [-0.3, -0.25) is 4.98 Å². The van der Waals surface area contributed by atoms with Crippen molar-refractivity contribution < 1.29 is 4.74 Å². The summed E-state index contributed by atoms with van der Waals surface area (Å²) in [7, 11) is 0. The van der Waals surface area contributed by atoms with Gasteiger partial charge in [-0.05, 0) is 44.0 Å². The topological polar surface area (TPSA) is 60.2 Å². The fourth-order valence-corrected chi connectivity index (χ4v) is 2.58. The molecule has 1 fully saturated rings. The average Bonchev–Trinajstić information content (AvgIpc) is 2.39. The highest BCUT2D eigenvalue weighted by molar-refractivity contribution is 5.96. The number of nitrogen functional groups attached to an aromatic ring is 1. The summed E-state index contributed by atoms with van der Waals surface area (Å²) in [5.74, 6) is 0. The van der Waals surface area contributed by atoms with Gasteiger partial charge in [0.05, 0.1) is 23.0 Å². The quantitative estimate of drug-likeness (QED) is 0.827. The summed E-state index contributed by atoms with van der Waals surface area (Å²) in [6.07, 6.45) is 4.30. The molecule has 0 radical (unpaired) electrons. The number of ether oxygens (including phenoxy) is 1. The van der Waals surface area contributed by atoms with Crippen molar-refractivity contribution in [2.75, 3.05) is 17.7 Å². The van der Waals surface area contributed by atoms with E-state index < -0.39 is 0 Å². The van der Waals surface area contributed by atoms with Crippen molar-refractivity contribution >= 4 is 22.3 Å². The maximum atomic E-state index is 6.21. The van der Waals surface area contributed by atoms with Crippen molar-refractivity contribution in [2.24, 2.45) is 0 Å². The predicted molar refractivity (Wildman–Crippen MR) is 78.2 cm³/mol. The maximum absolute atomic E-state index is 6.21. The molecule has 1 aromatic heterocycles. The van der Waals surface area contributed by atoms with Crippen LogP contribution in [0.5, 0.6) is 0 Å². The van der Waals surface area contributed by atoms with Gasteiger partial charge in [0, 0.05) is 24.2 Å². The van der Waals surface area contributed by atoms with Crippen LogP contribution in [-0.4, -0.2) is 23.7 Å². The van der Waals surface area contributed by atoms with Gasteiger partial charge >= 0.3 is 0 Å². The van der Waals surface area contributed by atoms with E-state index in [1.54, 1.807) is 6.20 Å². The van der Waals surface area contributed by atoms with Crippen molar-refractivity contribution in [1.29, 1.82) is 0 Å². The van der Waals surface area contributed by atoms with E-state index in [1.165, 1.54) is 0 Å². The second-order valence-electron chi connectivity index (χ2n) is 4.99. The van der Waals surface area contributed by atoms with Crippen LogP contribution in [0.1, 0.15) is 19.8 Å². The molecule has 0 aliphatic heterocycles. The lowest BCUT2D eigenvalue weighted by Gasteiger charge is -2.36. The largest absolute Gasteiger partial charge is 0.397 e. The monoisotopic (exact) mass is 257 g/mol. The molecular weight excluding hydrogens is 238 g/mol. The molecule has 0 atom stereocenters. The third kappa shape index (κ3) is 2.36. The lowest BCUT2D eigenvalue weighted by atomic mass is 9.89. The Kier molecular flexibility index (Phi) is 3.25. The first kappa shape index (κ1) is 12.2. The fourth-order valence-electron chi connectivity index (χ4n) is 2.58. The zero-order valence-electron chi connectivity index (χ0n) is 11.1. The number of hydrogen-bond donors (Lipinski definition) is 2. The zero-order chi connectivity index (χ0) is 13.2. The summed E-state index contributed by atoms with van der Waals surface area (Å²) in [5, 5.41) is 4.50. The molecule has 100 valence electrons. The smallest absolute Gasteiger partial charge is 0.0724 e. The number of nitrogens with one attached hydrogen (secondary N) is 1. The first-order valence-corrected chi connectivity index (χ1v) is 6.79. The van der Waals surface area contributed by atoms with Crippen LogP contribution in [0.3, 0.4) is 0 Å². The minimum atomic E-state index is 0.408. The third-order valence-electron chi connectivity index (χ3n) is 3.68. The van der Waals surface area contributed by atoms with Crippen LogP contribution >= 0.6 is 0 Å². The Hall–Kier alpha value is -1.81. The molecule has 1 heterocycles. The van der Waals surface area contributed by atoms with Gasteiger partial charge in [0.15, 0.2) is 0 Å². The Morgan fingerprint density at radius 2 is 2.21 bits per heavy atom. The number of benzene rings is 1. The molecule has 1 aromatic carbocycles. The van der Waals surface area contributed by atoms with Gasteiger partial charge < -0.3 is 15.8 Å². The van der Waals surface area contributed by atoms with Gasteiger partial charge in [-0.1, -0.05) is 0 Å². The molecule has 4 nitrogen and oxygen atoms in total. The summed E-state index contributed by atoms with van der Waals surface area (Å²) in [5.41, 5.74) is 8.93. The van der Waals surface area contributed by atoms with E-state index in [2.05, 4.69) is 10.3 Å². The van der Waals surface area contributed by atoms with Gasteiger partial charge in [0.1, 0.15) is 0 Å². The molecule has 0 amide bonds. The number of anilines is 2. The highest BCUT2D eigenvalue weighted by Gasteiger charge is 2.29. The van der Waals surface area contributed by atoms with Crippen molar-refractivity contribution in [3.63, 3.8) is 0 Å².